The lowest BCUT2D eigenvalue weighted by atomic mass is 10.2. The van der Waals surface area contributed by atoms with Gasteiger partial charge in [-0.1, -0.05) is 42.0 Å². The van der Waals surface area contributed by atoms with Crippen molar-refractivity contribution in [3.8, 4) is 24.2 Å². The van der Waals surface area contributed by atoms with Crippen molar-refractivity contribution in [1.29, 1.82) is 0 Å². The second kappa shape index (κ2) is 8.70. The topological polar surface area (TPSA) is 75.3 Å². The molecule has 0 saturated carbocycles. The molecule has 0 aliphatic rings. The van der Waals surface area contributed by atoms with Gasteiger partial charge in [0.2, 0.25) is 10.0 Å². The van der Waals surface area contributed by atoms with Gasteiger partial charge in [0.25, 0.3) is 5.91 Å². The minimum atomic E-state index is -3.74. The van der Waals surface area contributed by atoms with E-state index in [4.69, 9.17) is 6.42 Å². The fraction of sp³-hybridized carbons (Fsp3) is 0.105. The number of hydrogen-bond acceptors (Lipinski definition) is 3. The van der Waals surface area contributed by atoms with Crippen molar-refractivity contribution >= 4 is 15.9 Å². The first-order valence-electron chi connectivity index (χ1n) is 7.38. The van der Waals surface area contributed by atoms with Crippen LogP contribution in [0.2, 0.25) is 0 Å². The Morgan fingerprint density at radius 2 is 1.80 bits per heavy atom. The Morgan fingerprint density at radius 3 is 2.52 bits per heavy atom. The lowest BCUT2D eigenvalue weighted by Crippen LogP contribution is -2.26. The number of terminal acetylenes is 1. The van der Waals surface area contributed by atoms with Crippen LogP contribution in [0, 0.1) is 24.2 Å². The Labute approximate surface area is 147 Å². The van der Waals surface area contributed by atoms with Crippen LogP contribution in [-0.2, 0) is 10.0 Å². The van der Waals surface area contributed by atoms with Gasteiger partial charge in [0.05, 0.1) is 18.0 Å². The largest absolute Gasteiger partial charge is 0.341 e. The highest BCUT2D eigenvalue weighted by atomic mass is 32.2. The summed E-state index contributed by atoms with van der Waals surface area (Å²) in [6.45, 7) is 0.0356. The number of nitrogens with one attached hydrogen (secondary N) is 2. The average molecular weight is 352 g/mol. The van der Waals surface area contributed by atoms with E-state index in [1.54, 1.807) is 0 Å². The summed E-state index contributed by atoms with van der Waals surface area (Å²) in [5.41, 5.74) is 1.08. The van der Waals surface area contributed by atoms with E-state index in [2.05, 4.69) is 27.8 Å². The minimum absolute atomic E-state index is 0.0224. The first kappa shape index (κ1) is 18.3. The van der Waals surface area contributed by atoms with Crippen LogP contribution < -0.4 is 10.0 Å². The van der Waals surface area contributed by atoms with E-state index in [-0.39, 0.29) is 23.5 Å². The zero-order chi connectivity index (χ0) is 18.1. The minimum Gasteiger partial charge on any atom is -0.341 e. The molecular formula is C19H16N2O3S. The molecular weight excluding hydrogens is 336 g/mol. The van der Waals surface area contributed by atoms with Gasteiger partial charge < -0.3 is 5.32 Å². The van der Waals surface area contributed by atoms with E-state index in [9.17, 15) is 13.2 Å². The number of carbonyl (C=O) groups excluding carboxylic acids is 1. The molecule has 0 aromatic heterocycles. The second-order valence-corrected chi connectivity index (χ2v) is 6.67. The third-order valence-corrected chi connectivity index (χ3v) is 4.51. The van der Waals surface area contributed by atoms with Gasteiger partial charge in [-0.25, -0.2) is 8.42 Å². The Bertz CT molecular complexity index is 949. The van der Waals surface area contributed by atoms with E-state index in [1.165, 1.54) is 24.3 Å². The molecule has 0 saturated heterocycles. The Hall–Kier alpha value is -3.06. The van der Waals surface area contributed by atoms with E-state index < -0.39 is 15.9 Å². The molecule has 0 atom stereocenters. The first-order valence-corrected chi connectivity index (χ1v) is 8.86. The van der Waals surface area contributed by atoms with E-state index in [1.807, 2.05) is 30.3 Å². The highest BCUT2D eigenvalue weighted by Crippen LogP contribution is 2.11. The van der Waals surface area contributed by atoms with E-state index in [0.29, 0.717) is 0 Å². The van der Waals surface area contributed by atoms with Crippen LogP contribution in [0.25, 0.3) is 0 Å². The van der Waals surface area contributed by atoms with Crippen molar-refractivity contribution in [2.24, 2.45) is 0 Å². The van der Waals surface area contributed by atoms with Gasteiger partial charge in [-0.15, -0.1) is 6.42 Å². The fourth-order valence-electron chi connectivity index (χ4n) is 1.92. The lowest BCUT2D eigenvalue weighted by Gasteiger charge is -2.06. The molecule has 0 radical (unpaired) electrons. The van der Waals surface area contributed by atoms with Crippen LogP contribution in [0.3, 0.4) is 0 Å². The van der Waals surface area contributed by atoms with Gasteiger partial charge in [-0.3, -0.25) is 4.79 Å². The van der Waals surface area contributed by atoms with Crippen LogP contribution >= 0.6 is 0 Å². The molecule has 0 fully saturated rings. The third kappa shape index (κ3) is 5.50. The zero-order valence-electron chi connectivity index (χ0n) is 13.3. The standard InChI is InChI=1S/C19H16N2O3S/c1-2-13-21-25(23,24)18-12-6-11-17(15-18)19(22)20-14-7-10-16-8-4-3-5-9-16/h1,3-6,8-9,11-12,15,21H,13-14H2,(H,20,22). The molecule has 25 heavy (non-hydrogen) atoms. The summed E-state index contributed by atoms with van der Waals surface area (Å²) in [6, 6.07) is 15.1. The maximum Gasteiger partial charge on any atom is 0.252 e. The molecule has 1 amide bonds. The normalized spacial score (nSPS) is 10.2. The van der Waals surface area contributed by atoms with E-state index in [0.717, 1.165) is 5.56 Å². The Kier molecular flexibility index (Phi) is 6.36. The van der Waals surface area contributed by atoms with Crippen molar-refractivity contribution < 1.29 is 13.2 Å². The summed E-state index contributed by atoms with van der Waals surface area (Å²) in [7, 11) is -3.74. The number of benzene rings is 2. The molecule has 0 aliphatic carbocycles. The summed E-state index contributed by atoms with van der Waals surface area (Å²) < 4.78 is 26.3. The molecule has 6 heteroatoms. The highest BCUT2D eigenvalue weighted by Gasteiger charge is 2.15. The zero-order valence-corrected chi connectivity index (χ0v) is 14.1. The average Bonchev–Trinajstić information content (AvgIpc) is 2.64. The fourth-order valence-corrected chi connectivity index (χ4v) is 2.90. The summed E-state index contributed by atoms with van der Waals surface area (Å²) in [5.74, 6) is 7.55. The Morgan fingerprint density at radius 1 is 1.04 bits per heavy atom. The molecule has 2 N–H and O–H groups in total. The second-order valence-electron chi connectivity index (χ2n) is 4.91. The van der Waals surface area contributed by atoms with Crippen molar-refractivity contribution in [1.82, 2.24) is 10.0 Å². The molecule has 126 valence electrons. The molecule has 2 aromatic carbocycles. The van der Waals surface area contributed by atoms with Crippen molar-refractivity contribution in [2.45, 2.75) is 4.90 Å². The summed E-state index contributed by atoms with van der Waals surface area (Å²) >= 11 is 0. The van der Waals surface area contributed by atoms with Crippen LogP contribution in [0.5, 0.6) is 0 Å². The van der Waals surface area contributed by atoms with Crippen molar-refractivity contribution in [3.05, 3.63) is 65.7 Å². The van der Waals surface area contributed by atoms with Gasteiger partial charge >= 0.3 is 0 Å². The monoisotopic (exact) mass is 352 g/mol. The third-order valence-electron chi connectivity index (χ3n) is 3.11. The summed E-state index contributed by atoms with van der Waals surface area (Å²) in [4.78, 5) is 12.1. The van der Waals surface area contributed by atoms with Gasteiger partial charge in [0.15, 0.2) is 0 Å². The first-order chi connectivity index (χ1) is 12.0. The molecule has 0 spiro atoms. The predicted octanol–water partition coefficient (Wildman–Crippen LogP) is 1.38. The smallest absolute Gasteiger partial charge is 0.252 e. The molecule has 0 aliphatic heterocycles. The molecule has 2 aromatic rings. The lowest BCUT2D eigenvalue weighted by molar-refractivity contribution is 0.0958. The maximum absolute atomic E-state index is 12.1. The Balaban J connectivity index is 2.02. The van der Waals surface area contributed by atoms with Gasteiger partial charge in [0, 0.05) is 11.1 Å². The predicted molar refractivity (Wildman–Crippen MR) is 96.1 cm³/mol. The molecule has 0 heterocycles. The molecule has 5 nitrogen and oxygen atoms in total. The molecule has 2 rings (SSSR count). The van der Waals surface area contributed by atoms with Crippen LogP contribution in [-0.4, -0.2) is 27.4 Å². The number of amides is 1. The van der Waals surface area contributed by atoms with Crippen molar-refractivity contribution in [3.63, 3.8) is 0 Å². The van der Waals surface area contributed by atoms with Crippen molar-refractivity contribution in [2.75, 3.05) is 13.1 Å². The summed E-state index contributed by atoms with van der Waals surface area (Å²) in [5, 5.41) is 2.63. The quantitative estimate of drug-likeness (QED) is 0.799. The molecule has 0 unspecified atom stereocenters. The van der Waals surface area contributed by atoms with Gasteiger partial charge in [0.1, 0.15) is 0 Å². The van der Waals surface area contributed by atoms with Crippen LogP contribution in [0.1, 0.15) is 15.9 Å². The van der Waals surface area contributed by atoms with E-state index >= 15 is 0 Å². The molecule has 0 bridgehead atoms. The van der Waals surface area contributed by atoms with Gasteiger partial charge in [-0.2, -0.15) is 4.72 Å². The van der Waals surface area contributed by atoms with Crippen LogP contribution in [0.4, 0.5) is 0 Å². The number of sulfonamides is 1. The maximum atomic E-state index is 12.1. The van der Waals surface area contributed by atoms with Gasteiger partial charge in [-0.05, 0) is 30.3 Å². The highest BCUT2D eigenvalue weighted by molar-refractivity contribution is 7.89. The number of carbonyl (C=O) groups is 1. The van der Waals surface area contributed by atoms with Crippen LogP contribution in [0.15, 0.2) is 59.5 Å². The number of rotatable bonds is 5. The summed E-state index contributed by atoms with van der Waals surface area (Å²) in [6.07, 6.45) is 5.05. The number of hydrogen-bond donors (Lipinski definition) is 2. The SMILES string of the molecule is C#CCNS(=O)(=O)c1cccc(C(=O)NCC#Cc2ccccc2)c1.